The quantitative estimate of drug-likeness (QED) is 0.635. The monoisotopic (exact) mass is 285 g/mol. The maximum Gasteiger partial charge on any atom is 0.0929 e. The number of fused-ring (bicyclic) bond motifs is 6. The zero-order valence-corrected chi connectivity index (χ0v) is 12.2. The van der Waals surface area contributed by atoms with Crippen LogP contribution in [0, 0.1) is 0 Å². The van der Waals surface area contributed by atoms with Gasteiger partial charge in [0, 0.05) is 12.4 Å². The number of aromatic nitrogens is 3. The van der Waals surface area contributed by atoms with E-state index in [0.29, 0.717) is 0 Å². The minimum absolute atomic E-state index is 1.05. The molecule has 0 spiro atoms. The van der Waals surface area contributed by atoms with Crippen LogP contribution in [-0.2, 0) is 25.7 Å². The van der Waals surface area contributed by atoms with Crippen LogP contribution in [0.2, 0.25) is 0 Å². The van der Waals surface area contributed by atoms with Crippen molar-refractivity contribution in [3.05, 3.63) is 65.0 Å². The molecule has 0 saturated carbocycles. The number of pyridine rings is 3. The fourth-order valence-corrected chi connectivity index (χ4v) is 3.64. The molecule has 0 atom stereocenters. The van der Waals surface area contributed by atoms with Crippen molar-refractivity contribution >= 4 is 0 Å². The first-order valence-electron chi connectivity index (χ1n) is 7.81. The SMILES string of the molecule is c1cnc2c(c1)CCc1cc3c(nc1-2)-c1ncccc1CC3. The van der Waals surface area contributed by atoms with E-state index >= 15 is 0 Å². The van der Waals surface area contributed by atoms with Crippen molar-refractivity contribution < 1.29 is 0 Å². The summed E-state index contributed by atoms with van der Waals surface area (Å²) < 4.78 is 0. The van der Waals surface area contributed by atoms with Gasteiger partial charge in [0.25, 0.3) is 0 Å². The Kier molecular flexibility index (Phi) is 2.45. The van der Waals surface area contributed by atoms with Crippen LogP contribution in [-0.4, -0.2) is 15.0 Å². The molecule has 106 valence electrons. The van der Waals surface area contributed by atoms with Crippen LogP contribution < -0.4 is 0 Å². The van der Waals surface area contributed by atoms with Gasteiger partial charge in [-0.25, -0.2) is 4.98 Å². The van der Waals surface area contributed by atoms with Gasteiger partial charge in [-0.1, -0.05) is 18.2 Å². The maximum absolute atomic E-state index is 5.01. The average Bonchev–Trinajstić information content (AvgIpc) is 2.60. The Morgan fingerprint density at radius 2 is 1.09 bits per heavy atom. The molecule has 0 aliphatic heterocycles. The van der Waals surface area contributed by atoms with Crippen molar-refractivity contribution in [2.75, 3.05) is 0 Å². The van der Waals surface area contributed by atoms with Crippen LogP contribution in [0.4, 0.5) is 0 Å². The van der Waals surface area contributed by atoms with E-state index in [9.17, 15) is 0 Å². The average molecular weight is 285 g/mol. The lowest BCUT2D eigenvalue weighted by Gasteiger charge is -2.23. The van der Waals surface area contributed by atoms with Crippen LogP contribution in [0.1, 0.15) is 22.3 Å². The normalized spacial score (nSPS) is 14.5. The van der Waals surface area contributed by atoms with Crippen molar-refractivity contribution in [3.63, 3.8) is 0 Å². The van der Waals surface area contributed by atoms with E-state index in [1.54, 1.807) is 0 Å². The molecule has 2 aliphatic rings. The third-order valence-corrected chi connectivity index (χ3v) is 4.74. The number of aryl methyl sites for hydroxylation is 4. The highest BCUT2D eigenvalue weighted by Crippen LogP contribution is 2.37. The Balaban J connectivity index is 1.78. The summed E-state index contributed by atoms with van der Waals surface area (Å²) in [6.45, 7) is 0. The molecule has 3 aromatic rings. The lowest BCUT2D eigenvalue weighted by molar-refractivity contribution is 0.874. The lowest BCUT2D eigenvalue weighted by Crippen LogP contribution is -2.13. The smallest absolute Gasteiger partial charge is 0.0929 e. The fraction of sp³-hybridized carbons (Fsp3) is 0.211. The Morgan fingerprint density at radius 1 is 0.591 bits per heavy atom. The van der Waals surface area contributed by atoms with Gasteiger partial charge in [-0.2, -0.15) is 0 Å². The van der Waals surface area contributed by atoms with Gasteiger partial charge < -0.3 is 0 Å². The number of hydrogen-bond acceptors (Lipinski definition) is 3. The Hall–Kier alpha value is -2.55. The molecular weight excluding hydrogens is 270 g/mol. The van der Waals surface area contributed by atoms with E-state index in [1.165, 1.54) is 22.3 Å². The van der Waals surface area contributed by atoms with Crippen LogP contribution in [0.25, 0.3) is 22.8 Å². The van der Waals surface area contributed by atoms with Gasteiger partial charge in [0.05, 0.1) is 22.8 Å². The Morgan fingerprint density at radius 3 is 1.64 bits per heavy atom. The van der Waals surface area contributed by atoms with Crippen molar-refractivity contribution in [1.82, 2.24) is 15.0 Å². The molecule has 0 amide bonds. The molecule has 3 heteroatoms. The summed E-state index contributed by atoms with van der Waals surface area (Å²) in [5, 5.41) is 0. The minimum atomic E-state index is 1.05. The van der Waals surface area contributed by atoms with E-state index < -0.39 is 0 Å². The summed E-state index contributed by atoms with van der Waals surface area (Å²) in [5.74, 6) is 0. The number of hydrogen-bond donors (Lipinski definition) is 0. The highest BCUT2D eigenvalue weighted by molar-refractivity contribution is 5.73. The standard InChI is InChI=1S/C19H15N3/c1-3-12-5-7-14-11-15-8-6-13-4-2-10-21-17(13)19(15)22-18(14)16(12)20-9-1/h1-4,9-11H,5-8H2. The van der Waals surface area contributed by atoms with Crippen molar-refractivity contribution in [2.45, 2.75) is 25.7 Å². The van der Waals surface area contributed by atoms with Gasteiger partial charge in [-0.15, -0.1) is 0 Å². The first-order chi connectivity index (χ1) is 10.9. The van der Waals surface area contributed by atoms with Gasteiger partial charge in [0.1, 0.15) is 0 Å². The lowest BCUT2D eigenvalue weighted by atomic mass is 9.87. The summed E-state index contributed by atoms with van der Waals surface area (Å²) in [4.78, 5) is 14.2. The number of rotatable bonds is 0. The molecule has 0 radical (unpaired) electrons. The van der Waals surface area contributed by atoms with E-state index in [-0.39, 0.29) is 0 Å². The van der Waals surface area contributed by atoms with Crippen LogP contribution >= 0.6 is 0 Å². The van der Waals surface area contributed by atoms with Gasteiger partial charge in [0.15, 0.2) is 0 Å². The maximum atomic E-state index is 5.01. The van der Waals surface area contributed by atoms with Crippen LogP contribution in [0.3, 0.4) is 0 Å². The molecule has 0 unspecified atom stereocenters. The molecule has 0 saturated heterocycles. The summed E-state index contributed by atoms with van der Waals surface area (Å²) in [5.41, 5.74) is 9.50. The topological polar surface area (TPSA) is 38.7 Å². The summed E-state index contributed by atoms with van der Waals surface area (Å²) in [7, 11) is 0. The van der Waals surface area contributed by atoms with Crippen LogP contribution in [0.15, 0.2) is 42.7 Å². The van der Waals surface area contributed by atoms with Gasteiger partial charge in [-0.05, 0) is 60.1 Å². The molecule has 5 rings (SSSR count). The molecule has 0 bridgehead atoms. The molecule has 0 N–H and O–H groups in total. The zero-order valence-electron chi connectivity index (χ0n) is 12.2. The highest BCUT2D eigenvalue weighted by atomic mass is 14.8. The second-order valence-electron chi connectivity index (χ2n) is 6.03. The second-order valence-corrected chi connectivity index (χ2v) is 6.03. The van der Waals surface area contributed by atoms with E-state index in [4.69, 9.17) is 4.98 Å². The first kappa shape index (κ1) is 12.0. The third kappa shape index (κ3) is 1.65. The molecule has 0 aromatic carbocycles. The van der Waals surface area contributed by atoms with Gasteiger partial charge in [-0.3, -0.25) is 9.97 Å². The molecule has 3 heterocycles. The van der Waals surface area contributed by atoms with Crippen molar-refractivity contribution in [1.29, 1.82) is 0 Å². The van der Waals surface area contributed by atoms with E-state index in [1.807, 2.05) is 24.5 Å². The molecule has 3 nitrogen and oxygen atoms in total. The second kappa shape index (κ2) is 4.47. The molecule has 2 aliphatic carbocycles. The van der Waals surface area contributed by atoms with Crippen molar-refractivity contribution in [3.8, 4) is 22.8 Å². The molecular formula is C19H15N3. The molecule has 3 aromatic heterocycles. The number of nitrogens with zero attached hydrogens (tertiary/aromatic N) is 3. The molecule has 22 heavy (non-hydrogen) atoms. The van der Waals surface area contributed by atoms with E-state index in [0.717, 1.165) is 48.5 Å². The fourth-order valence-electron chi connectivity index (χ4n) is 3.64. The third-order valence-electron chi connectivity index (χ3n) is 4.74. The summed E-state index contributed by atoms with van der Waals surface area (Å²) >= 11 is 0. The zero-order chi connectivity index (χ0) is 14.5. The highest BCUT2D eigenvalue weighted by Gasteiger charge is 2.24. The van der Waals surface area contributed by atoms with Gasteiger partial charge in [0.2, 0.25) is 0 Å². The minimum Gasteiger partial charge on any atom is -0.254 e. The first-order valence-corrected chi connectivity index (χ1v) is 7.81. The van der Waals surface area contributed by atoms with E-state index in [2.05, 4.69) is 28.2 Å². The Labute approximate surface area is 129 Å². The molecule has 0 fully saturated rings. The van der Waals surface area contributed by atoms with Gasteiger partial charge >= 0.3 is 0 Å². The predicted octanol–water partition coefficient (Wildman–Crippen LogP) is 3.40. The largest absolute Gasteiger partial charge is 0.254 e. The summed E-state index contributed by atoms with van der Waals surface area (Å²) in [6.07, 6.45) is 7.96. The van der Waals surface area contributed by atoms with Crippen molar-refractivity contribution in [2.24, 2.45) is 0 Å². The summed E-state index contributed by atoms with van der Waals surface area (Å²) in [6, 6.07) is 10.7. The van der Waals surface area contributed by atoms with Crippen LogP contribution in [0.5, 0.6) is 0 Å². The Bertz CT molecular complexity index is 828. The predicted molar refractivity (Wildman–Crippen MR) is 85.5 cm³/mol.